The fraction of sp³-hybridized carbons (Fsp3) is 0.652. The second kappa shape index (κ2) is 13.0. The highest BCUT2D eigenvalue weighted by Gasteiger charge is 2.23. The lowest BCUT2D eigenvalue weighted by molar-refractivity contribution is 0.261. The molecule has 0 spiro atoms. The van der Waals surface area contributed by atoms with E-state index in [1.165, 1.54) is 63.4 Å². The topological polar surface area (TPSA) is 21.8 Å². The van der Waals surface area contributed by atoms with Crippen LogP contribution in [0.5, 0.6) is 5.75 Å². The molecule has 1 heterocycles. The molecule has 25 heavy (non-hydrogen) atoms. The standard InChI is InChI=1S/C23H36O2/c1-2-3-4-5-6-7-8-9-10-11-12-13-16-21-17-14-15-18-23(21)25-20-22-19-24-22/h11-12,14-15,17-18,22H,2-10,13,16,19-20H2,1H3/b12-11+. The summed E-state index contributed by atoms with van der Waals surface area (Å²) in [7, 11) is 0. The molecule has 0 radical (unpaired) electrons. The van der Waals surface area contributed by atoms with Crippen molar-refractivity contribution in [2.75, 3.05) is 13.2 Å². The van der Waals surface area contributed by atoms with Crippen molar-refractivity contribution in [1.82, 2.24) is 0 Å². The lowest BCUT2D eigenvalue weighted by Crippen LogP contribution is -2.05. The summed E-state index contributed by atoms with van der Waals surface area (Å²) in [6.07, 6.45) is 19.6. The van der Waals surface area contributed by atoms with Gasteiger partial charge in [-0.15, -0.1) is 0 Å². The lowest BCUT2D eigenvalue weighted by Gasteiger charge is -2.09. The molecule has 0 aliphatic carbocycles. The summed E-state index contributed by atoms with van der Waals surface area (Å²) in [6.45, 7) is 3.82. The zero-order chi connectivity index (χ0) is 17.6. The molecule has 2 heteroatoms. The van der Waals surface area contributed by atoms with E-state index in [-0.39, 0.29) is 0 Å². The molecule has 1 aliphatic heterocycles. The molecule has 140 valence electrons. The molecule has 0 aromatic heterocycles. The summed E-state index contributed by atoms with van der Waals surface area (Å²) in [4.78, 5) is 0. The van der Waals surface area contributed by atoms with E-state index in [0.29, 0.717) is 12.7 Å². The van der Waals surface area contributed by atoms with Crippen molar-refractivity contribution in [3.63, 3.8) is 0 Å². The quantitative estimate of drug-likeness (QED) is 0.206. The first kappa shape index (κ1) is 20.0. The second-order valence-electron chi connectivity index (χ2n) is 7.15. The molecule has 1 aromatic carbocycles. The first-order valence-corrected chi connectivity index (χ1v) is 10.4. The summed E-state index contributed by atoms with van der Waals surface area (Å²) in [5.74, 6) is 1.02. The van der Waals surface area contributed by atoms with Gasteiger partial charge in [-0.25, -0.2) is 0 Å². The van der Waals surface area contributed by atoms with Crippen LogP contribution in [0.2, 0.25) is 0 Å². The highest BCUT2D eigenvalue weighted by molar-refractivity contribution is 5.33. The van der Waals surface area contributed by atoms with Crippen molar-refractivity contribution >= 4 is 0 Å². The van der Waals surface area contributed by atoms with Crippen LogP contribution in [-0.2, 0) is 11.2 Å². The third-order valence-electron chi connectivity index (χ3n) is 4.77. The maximum Gasteiger partial charge on any atom is 0.122 e. The Labute approximate surface area is 154 Å². The van der Waals surface area contributed by atoms with Gasteiger partial charge in [0.15, 0.2) is 0 Å². The van der Waals surface area contributed by atoms with E-state index in [1.54, 1.807) is 0 Å². The number of ether oxygens (including phenoxy) is 2. The predicted octanol–water partition coefficient (Wildman–Crippen LogP) is 6.48. The molecule has 1 saturated heterocycles. The van der Waals surface area contributed by atoms with E-state index in [9.17, 15) is 0 Å². The third-order valence-corrected chi connectivity index (χ3v) is 4.77. The number of para-hydroxylation sites is 1. The van der Waals surface area contributed by atoms with Crippen molar-refractivity contribution in [3.8, 4) is 5.75 Å². The van der Waals surface area contributed by atoms with Gasteiger partial charge in [0, 0.05) is 0 Å². The number of unbranched alkanes of at least 4 members (excludes halogenated alkanes) is 8. The molecule has 1 aliphatic rings. The number of hydrogen-bond donors (Lipinski definition) is 0. The average Bonchev–Trinajstić information content (AvgIpc) is 3.46. The Kier molecular flexibility index (Phi) is 10.4. The Bertz CT molecular complexity index is 477. The molecule has 0 bridgehead atoms. The van der Waals surface area contributed by atoms with Crippen LogP contribution in [0.1, 0.15) is 76.7 Å². The Morgan fingerprint density at radius 3 is 2.40 bits per heavy atom. The van der Waals surface area contributed by atoms with Gasteiger partial charge in [-0.2, -0.15) is 0 Å². The average molecular weight is 345 g/mol. The van der Waals surface area contributed by atoms with Crippen LogP contribution < -0.4 is 4.74 Å². The van der Waals surface area contributed by atoms with E-state index in [4.69, 9.17) is 9.47 Å². The number of aryl methyl sites for hydroxylation is 1. The van der Waals surface area contributed by atoms with Crippen molar-refractivity contribution in [3.05, 3.63) is 42.0 Å². The maximum absolute atomic E-state index is 5.87. The Hall–Kier alpha value is -1.28. The molecule has 1 aromatic rings. The van der Waals surface area contributed by atoms with Gasteiger partial charge < -0.3 is 9.47 Å². The summed E-state index contributed by atoms with van der Waals surface area (Å²) in [5, 5.41) is 0. The van der Waals surface area contributed by atoms with E-state index >= 15 is 0 Å². The molecule has 1 fully saturated rings. The fourth-order valence-electron chi connectivity index (χ4n) is 3.07. The molecular weight excluding hydrogens is 308 g/mol. The van der Waals surface area contributed by atoms with Crippen LogP contribution >= 0.6 is 0 Å². The third kappa shape index (κ3) is 9.69. The number of hydrogen-bond acceptors (Lipinski definition) is 2. The van der Waals surface area contributed by atoms with E-state index in [1.807, 2.05) is 6.07 Å². The minimum Gasteiger partial charge on any atom is -0.491 e. The summed E-state index contributed by atoms with van der Waals surface area (Å²) in [6, 6.07) is 8.39. The smallest absolute Gasteiger partial charge is 0.122 e. The van der Waals surface area contributed by atoms with E-state index < -0.39 is 0 Å². The van der Waals surface area contributed by atoms with Gasteiger partial charge in [0.25, 0.3) is 0 Å². The highest BCUT2D eigenvalue weighted by atomic mass is 16.6. The SMILES string of the molecule is CCCCCCCCCC/C=C/CCc1ccccc1OCC1CO1. The van der Waals surface area contributed by atoms with Gasteiger partial charge in [0.1, 0.15) is 18.5 Å². The van der Waals surface area contributed by atoms with Crippen LogP contribution in [0.3, 0.4) is 0 Å². The van der Waals surface area contributed by atoms with Crippen LogP contribution in [0.25, 0.3) is 0 Å². The van der Waals surface area contributed by atoms with Crippen molar-refractivity contribution < 1.29 is 9.47 Å². The van der Waals surface area contributed by atoms with Gasteiger partial charge in [0.2, 0.25) is 0 Å². The minimum absolute atomic E-state index is 0.319. The molecule has 1 unspecified atom stereocenters. The van der Waals surface area contributed by atoms with Gasteiger partial charge in [-0.3, -0.25) is 0 Å². The maximum atomic E-state index is 5.87. The van der Waals surface area contributed by atoms with Crippen molar-refractivity contribution in [2.45, 2.75) is 83.7 Å². The second-order valence-corrected chi connectivity index (χ2v) is 7.15. The van der Waals surface area contributed by atoms with Crippen LogP contribution in [0, 0.1) is 0 Å². The molecule has 2 rings (SSSR count). The monoisotopic (exact) mass is 344 g/mol. The van der Waals surface area contributed by atoms with E-state index in [0.717, 1.165) is 25.2 Å². The van der Waals surface area contributed by atoms with Crippen LogP contribution in [0.15, 0.2) is 36.4 Å². The minimum atomic E-state index is 0.319. The molecule has 1 atom stereocenters. The molecule has 0 amide bonds. The summed E-state index contributed by atoms with van der Waals surface area (Å²) >= 11 is 0. The van der Waals surface area contributed by atoms with Crippen molar-refractivity contribution in [1.29, 1.82) is 0 Å². The van der Waals surface area contributed by atoms with Crippen LogP contribution in [-0.4, -0.2) is 19.3 Å². The highest BCUT2D eigenvalue weighted by Crippen LogP contribution is 2.21. The predicted molar refractivity (Wildman–Crippen MR) is 106 cm³/mol. The number of epoxide rings is 1. The van der Waals surface area contributed by atoms with Gasteiger partial charge in [0.05, 0.1) is 6.61 Å². The number of allylic oxidation sites excluding steroid dienone is 2. The summed E-state index contributed by atoms with van der Waals surface area (Å²) < 4.78 is 11.1. The molecule has 0 N–H and O–H groups in total. The molecule has 2 nitrogen and oxygen atoms in total. The first-order valence-electron chi connectivity index (χ1n) is 10.4. The lowest BCUT2D eigenvalue weighted by atomic mass is 10.1. The fourth-order valence-corrected chi connectivity index (χ4v) is 3.07. The zero-order valence-corrected chi connectivity index (χ0v) is 16.1. The number of benzene rings is 1. The Morgan fingerprint density at radius 2 is 1.64 bits per heavy atom. The van der Waals surface area contributed by atoms with Gasteiger partial charge in [-0.1, -0.05) is 82.2 Å². The van der Waals surface area contributed by atoms with Gasteiger partial charge >= 0.3 is 0 Å². The van der Waals surface area contributed by atoms with Gasteiger partial charge in [-0.05, 0) is 37.3 Å². The molecular formula is C23H36O2. The van der Waals surface area contributed by atoms with E-state index in [2.05, 4.69) is 37.3 Å². The summed E-state index contributed by atoms with van der Waals surface area (Å²) in [5.41, 5.74) is 1.31. The largest absolute Gasteiger partial charge is 0.491 e. The van der Waals surface area contributed by atoms with Crippen molar-refractivity contribution in [2.24, 2.45) is 0 Å². The Morgan fingerprint density at radius 1 is 0.960 bits per heavy atom. The van der Waals surface area contributed by atoms with Crippen LogP contribution in [0.4, 0.5) is 0 Å². The first-order chi connectivity index (χ1) is 12.4. The Balaban J connectivity index is 1.49. The number of rotatable bonds is 15. The molecule has 0 saturated carbocycles. The zero-order valence-electron chi connectivity index (χ0n) is 16.1. The normalized spacial score (nSPS) is 16.4.